The number of nitrogen functional groups attached to an aromatic ring is 1. The lowest BCUT2D eigenvalue weighted by molar-refractivity contribution is -0.384. The zero-order valence-electron chi connectivity index (χ0n) is 16.9. The number of nitrogens with two attached hydrogens (primary N) is 1. The number of nitrogens with one attached hydrogen (secondary N) is 2. The van der Waals surface area contributed by atoms with Crippen LogP contribution in [-0.2, 0) is 13.0 Å². The molecule has 164 valence electrons. The number of non-ortho nitro benzene ring substituents is 1. The molecule has 0 fully saturated rings. The molecule has 0 bridgehead atoms. The van der Waals surface area contributed by atoms with Gasteiger partial charge in [0.15, 0.2) is 16.7 Å². The molecule has 0 saturated heterocycles. The van der Waals surface area contributed by atoms with Crippen molar-refractivity contribution in [2.45, 2.75) is 23.0 Å². The number of nitrogens with zero attached hydrogens (tertiary/aromatic N) is 3. The molecule has 0 atom stereocenters. The van der Waals surface area contributed by atoms with E-state index in [0.717, 1.165) is 10.5 Å². The molecule has 4 rings (SSSR count). The van der Waals surface area contributed by atoms with E-state index in [9.17, 15) is 10.1 Å². The molecule has 1 aromatic heterocycles. The van der Waals surface area contributed by atoms with Gasteiger partial charge < -0.3 is 25.1 Å². The molecule has 11 heteroatoms. The summed E-state index contributed by atoms with van der Waals surface area (Å²) in [5, 5.41) is 22.5. The number of rotatable bonds is 9. The van der Waals surface area contributed by atoms with Crippen molar-refractivity contribution in [1.82, 2.24) is 9.55 Å². The third kappa shape index (κ3) is 4.37. The summed E-state index contributed by atoms with van der Waals surface area (Å²) >= 11 is 1.40. The summed E-state index contributed by atoms with van der Waals surface area (Å²) in [6.45, 7) is 4.40. The maximum Gasteiger partial charge on any atom is 0.269 e. The van der Waals surface area contributed by atoms with Gasteiger partial charge in [-0.2, -0.15) is 0 Å². The maximum absolute atomic E-state index is 10.9. The predicted octanol–water partition coefficient (Wildman–Crippen LogP) is 3.75. The van der Waals surface area contributed by atoms with Gasteiger partial charge in [-0.05, 0) is 36.4 Å². The van der Waals surface area contributed by atoms with E-state index in [1.807, 2.05) is 22.8 Å². The van der Waals surface area contributed by atoms with E-state index in [1.165, 1.54) is 30.1 Å². The quantitative estimate of drug-likeness (QED) is 0.193. The Morgan fingerprint density at radius 3 is 2.75 bits per heavy atom. The Morgan fingerprint density at radius 1 is 1.31 bits per heavy atom. The van der Waals surface area contributed by atoms with Crippen LogP contribution in [-0.4, -0.2) is 27.1 Å². The first-order chi connectivity index (χ1) is 15.5. The number of fused-ring (bicyclic) bond motifs is 1. The van der Waals surface area contributed by atoms with E-state index in [4.69, 9.17) is 20.6 Å². The lowest BCUT2D eigenvalue weighted by atomic mass is 10.1. The average molecular weight is 452 g/mol. The molecular weight excluding hydrogens is 432 g/mol. The van der Waals surface area contributed by atoms with Crippen molar-refractivity contribution >= 4 is 29.1 Å². The second-order valence-corrected chi connectivity index (χ2v) is 7.84. The van der Waals surface area contributed by atoms with Crippen molar-refractivity contribution in [1.29, 1.82) is 5.41 Å². The molecule has 3 aromatic rings. The van der Waals surface area contributed by atoms with Crippen LogP contribution >= 0.6 is 11.8 Å². The average Bonchev–Trinajstić information content (AvgIpc) is 3.37. The molecule has 32 heavy (non-hydrogen) atoms. The number of aryl methyl sites for hydroxylation is 1. The van der Waals surface area contributed by atoms with Gasteiger partial charge in [-0.3, -0.25) is 15.5 Å². The highest BCUT2D eigenvalue weighted by molar-refractivity contribution is 7.99. The van der Waals surface area contributed by atoms with Crippen LogP contribution in [0.4, 0.5) is 11.5 Å². The number of amidine groups is 1. The van der Waals surface area contributed by atoms with E-state index >= 15 is 0 Å². The third-order valence-corrected chi connectivity index (χ3v) is 5.73. The predicted molar refractivity (Wildman–Crippen MR) is 121 cm³/mol. The summed E-state index contributed by atoms with van der Waals surface area (Å²) < 4.78 is 12.7. The van der Waals surface area contributed by atoms with Crippen LogP contribution in [0.3, 0.4) is 0 Å². The molecule has 0 aliphatic carbocycles. The Labute approximate surface area is 187 Å². The van der Waals surface area contributed by atoms with Crippen molar-refractivity contribution < 1.29 is 14.4 Å². The number of ether oxygens (including phenoxy) is 2. The van der Waals surface area contributed by atoms with Gasteiger partial charge in [-0.15, -0.1) is 0 Å². The van der Waals surface area contributed by atoms with Crippen molar-refractivity contribution in [2.24, 2.45) is 5.73 Å². The molecule has 0 spiro atoms. The summed E-state index contributed by atoms with van der Waals surface area (Å²) in [6, 6.07) is 12.0. The van der Waals surface area contributed by atoms with Crippen molar-refractivity contribution in [3.05, 3.63) is 76.6 Å². The zero-order chi connectivity index (χ0) is 22.7. The van der Waals surface area contributed by atoms with Crippen molar-refractivity contribution in [2.75, 3.05) is 12.1 Å². The first-order valence-electron chi connectivity index (χ1n) is 9.59. The Kier molecular flexibility index (Phi) is 5.99. The fraction of sp³-hybridized carbons (Fsp3) is 0.143. The summed E-state index contributed by atoms with van der Waals surface area (Å²) in [6.07, 6.45) is 2.09. The van der Waals surface area contributed by atoms with E-state index < -0.39 is 4.92 Å². The van der Waals surface area contributed by atoms with E-state index in [-0.39, 0.29) is 18.3 Å². The SMILES string of the molecule is C=CNc1c(C(=N)N)nc(Sc2ccc3c(c2)OCO3)n1CCc1ccc([N+](=O)[O-])cc1. The number of anilines is 1. The van der Waals surface area contributed by atoms with Gasteiger partial charge in [-0.25, -0.2) is 4.98 Å². The Balaban J connectivity index is 1.64. The molecule has 0 saturated carbocycles. The number of nitro benzene ring substituents is 1. The first kappa shape index (κ1) is 21.2. The van der Waals surface area contributed by atoms with Gasteiger partial charge in [0.25, 0.3) is 5.69 Å². The van der Waals surface area contributed by atoms with Crippen LogP contribution in [0.5, 0.6) is 11.5 Å². The smallest absolute Gasteiger partial charge is 0.269 e. The summed E-state index contributed by atoms with van der Waals surface area (Å²) in [4.78, 5) is 15.9. The zero-order valence-corrected chi connectivity index (χ0v) is 17.7. The highest BCUT2D eigenvalue weighted by Gasteiger charge is 2.21. The number of aromatic nitrogens is 2. The highest BCUT2D eigenvalue weighted by Crippen LogP contribution is 2.38. The third-order valence-electron chi connectivity index (χ3n) is 4.75. The maximum atomic E-state index is 10.9. The monoisotopic (exact) mass is 452 g/mol. The fourth-order valence-corrected chi connectivity index (χ4v) is 4.16. The largest absolute Gasteiger partial charge is 0.454 e. The minimum absolute atomic E-state index is 0.0447. The molecule has 0 radical (unpaired) electrons. The summed E-state index contributed by atoms with van der Waals surface area (Å²) in [7, 11) is 0. The molecule has 4 N–H and O–H groups in total. The minimum Gasteiger partial charge on any atom is -0.454 e. The van der Waals surface area contributed by atoms with Crippen molar-refractivity contribution in [3.63, 3.8) is 0 Å². The molecular formula is C21H20N6O4S. The van der Waals surface area contributed by atoms with Crippen LogP contribution in [0.1, 0.15) is 11.3 Å². The van der Waals surface area contributed by atoms with Crippen molar-refractivity contribution in [3.8, 4) is 11.5 Å². The van der Waals surface area contributed by atoms with Crippen LogP contribution in [0.25, 0.3) is 0 Å². The van der Waals surface area contributed by atoms with Gasteiger partial charge in [0.05, 0.1) is 4.92 Å². The molecule has 10 nitrogen and oxygen atoms in total. The minimum atomic E-state index is -0.426. The van der Waals surface area contributed by atoms with E-state index in [0.29, 0.717) is 41.1 Å². The molecule has 1 aliphatic rings. The van der Waals surface area contributed by atoms with E-state index in [1.54, 1.807) is 12.1 Å². The Bertz CT molecular complexity index is 1190. The number of nitro groups is 1. The normalized spacial score (nSPS) is 11.9. The van der Waals surface area contributed by atoms with Crippen LogP contribution in [0.2, 0.25) is 0 Å². The molecule has 2 aromatic carbocycles. The number of imidazole rings is 1. The molecule has 0 amide bonds. The second kappa shape index (κ2) is 9.02. The standard InChI is InChI=1S/C21H20N6O4S/c1-2-24-20-18(19(22)23)25-21(32-15-7-8-16-17(11-15)31-12-30-16)26(20)10-9-13-3-5-14(6-4-13)27(28)29/h2-8,11,24H,1,9-10,12H2,(H3,22,23). The second-order valence-electron chi connectivity index (χ2n) is 6.80. The van der Waals surface area contributed by atoms with Gasteiger partial charge in [0.2, 0.25) is 6.79 Å². The topological polar surface area (TPSA) is 141 Å². The van der Waals surface area contributed by atoms with Crippen LogP contribution < -0.4 is 20.5 Å². The summed E-state index contributed by atoms with van der Waals surface area (Å²) in [5.41, 5.74) is 7.06. The van der Waals surface area contributed by atoms with Crippen LogP contribution in [0.15, 0.2) is 65.3 Å². The van der Waals surface area contributed by atoms with Gasteiger partial charge in [0.1, 0.15) is 17.3 Å². The first-order valence-corrected chi connectivity index (χ1v) is 10.4. The number of hydrogen-bond acceptors (Lipinski definition) is 8. The molecule has 1 aliphatic heterocycles. The highest BCUT2D eigenvalue weighted by atomic mass is 32.2. The van der Waals surface area contributed by atoms with Gasteiger partial charge >= 0.3 is 0 Å². The van der Waals surface area contributed by atoms with Gasteiger partial charge in [0, 0.05) is 23.6 Å². The number of hydrogen-bond donors (Lipinski definition) is 3. The Hall–Kier alpha value is -3.99. The summed E-state index contributed by atoms with van der Waals surface area (Å²) in [5.74, 6) is 1.73. The lowest BCUT2D eigenvalue weighted by Crippen LogP contribution is -2.14. The molecule has 2 heterocycles. The fourth-order valence-electron chi connectivity index (χ4n) is 3.22. The lowest BCUT2D eigenvalue weighted by Gasteiger charge is -2.12. The molecule has 0 unspecified atom stereocenters. The van der Waals surface area contributed by atoms with Gasteiger partial charge in [-0.1, -0.05) is 30.5 Å². The number of benzene rings is 2. The Morgan fingerprint density at radius 2 is 2.06 bits per heavy atom. The van der Waals surface area contributed by atoms with E-state index in [2.05, 4.69) is 16.9 Å². The van der Waals surface area contributed by atoms with Crippen LogP contribution in [0, 0.1) is 15.5 Å².